The van der Waals surface area contributed by atoms with Gasteiger partial charge < -0.3 is 9.84 Å². The second kappa shape index (κ2) is 6.58. The summed E-state index contributed by atoms with van der Waals surface area (Å²) in [5.74, 6) is 0.110. The van der Waals surface area contributed by atoms with Crippen molar-refractivity contribution in [2.24, 2.45) is 0 Å². The molecular formula is C18H11ClN4O4. The van der Waals surface area contributed by atoms with E-state index in [0.29, 0.717) is 15.9 Å². The number of halogens is 1. The van der Waals surface area contributed by atoms with E-state index in [1.807, 2.05) is 30.3 Å². The van der Waals surface area contributed by atoms with Gasteiger partial charge in [-0.1, -0.05) is 41.9 Å². The molecule has 8 nitrogen and oxygen atoms in total. The zero-order chi connectivity index (χ0) is 19.0. The molecule has 0 saturated carbocycles. The summed E-state index contributed by atoms with van der Waals surface area (Å²) in [5, 5.41) is 13.4. The summed E-state index contributed by atoms with van der Waals surface area (Å²) in [6, 6.07) is 12.8. The minimum Gasteiger partial charge on any atom is -0.449 e. The lowest BCUT2D eigenvalue weighted by molar-refractivity contribution is 0.144. The SMILES string of the molecule is O=C(O)Oc1cnn(-c2nc3cc(Cl)c(-c4ccccc4)cc3c(=O)[nH]2)c1. The number of benzene rings is 2. The Morgan fingerprint density at radius 3 is 2.74 bits per heavy atom. The Labute approximate surface area is 156 Å². The van der Waals surface area contributed by atoms with E-state index in [4.69, 9.17) is 16.7 Å². The number of H-pyrrole nitrogens is 1. The van der Waals surface area contributed by atoms with E-state index in [0.717, 1.165) is 11.1 Å². The predicted molar refractivity (Wildman–Crippen MR) is 98.6 cm³/mol. The van der Waals surface area contributed by atoms with Crippen molar-refractivity contribution in [3.63, 3.8) is 0 Å². The molecule has 0 spiro atoms. The van der Waals surface area contributed by atoms with Crippen molar-refractivity contribution >= 4 is 28.7 Å². The average molecular weight is 383 g/mol. The standard InChI is InChI=1S/C18H11ClN4O4/c19-14-7-15-13(6-12(14)10-4-2-1-3-5-10)16(24)22-17(21-15)23-9-11(8-20-23)27-18(25)26/h1-9H,(H,25,26)(H,21,22,24). The zero-order valence-corrected chi connectivity index (χ0v) is 14.3. The van der Waals surface area contributed by atoms with E-state index in [2.05, 4.69) is 19.8 Å². The van der Waals surface area contributed by atoms with Crippen LogP contribution >= 0.6 is 11.6 Å². The fraction of sp³-hybridized carbons (Fsp3) is 0. The second-order valence-corrected chi connectivity index (χ2v) is 6.00. The number of rotatable bonds is 3. The van der Waals surface area contributed by atoms with Crippen LogP contribution in [0.5, 0.6) is 5.75 Å². The van der Waals surface area contributed by atoms with Crippen LogP contribution in [0.4, 0.5) is 4.79 Å². The molecule has 0 saturated heterocycles. The summed E-state index contributed by atoms with van der Waals surface area (Å²) in [5.41, 5.74) is 1.62. The Morgan fingerprint density at radius 1 is 1.22 bits per heavy atom. The molecule has 2 heterocycles. The Bertz CT molecular complexity index is 1220. The van der Waals surface area contributed by atoms with Crippen LogP contribution in [0.1, 0.15) is 0 Å². The number of ether oxygens (including phenoxy) is 1. The van der Waals surface area contributed by atoms with Crippen LogP contribution in [0, 0.1) is 0 Å². The number of carboxylic acid groups (broad SMARTS) is 1. The highest BCUT2D eigenvalue weighted by Gasteiger charge is 2.12. The molecule has 2 N–H and O–H groups in total. The number of aromatic nitrogens is 4. The van der Waals surface area contributed by atoms with Gasteiger partial charge in [-0.15, -0.1) is 0 Å². The largest absolute Gasteiger partial charge is 0.511 e. The van der Waals surface area contributed by atoms with Crippen LogP contribution in [-0.4, -0.2) is 31.0 Å². The molecule has 0 atom stereocenters. The fourth-order valence-corrected chi connectivity index (χ4v) is 2.94. The molecule has 0 aliphatic heterocycles. The van der Waals surface area contributed by atoms with Gasteiger partial charge in [-0.2, -0.15) is 5.10 Å². The van der Waals surface area contributed by atoms with Crippen molar-refractivity contribution in [2.45, 2.75) is 0 Å². The highest BCUT2D eigenvalue weighted by atomic mass is 35.5. The van der Waals surface area contributed by atoms with E-state index in [-0.39, 0.29) is 17.3 Å². The van der Waals surface area contributed by atoms with Crippen LogP contribution in [0.25, 0.3) is 28.0 Å². The third-order valence-corrected chi connectivity index (χ3v) is 4.16. The maximum atomic E-state index is 12.5. The fourth-order valence-electron chi connectivity index (χ4n) is 2.67. The summed E-state index contributed by atoms with van der Waals surface area (Å²) < 4.78 is 5.72. The van der Waals surface area contributed by atoms with Gasteiger partial charge in [-0.25, -0.2) is 14.5 Å². The van der Waals surface area contributed by atoms with Crippen molar-refractivity contribution < 1.29 is 14.6 Å². The van der Waals surface area contributed by atoms with Crippen LogP contribution in [0.3, 0.4) is 0 Å². The second-order valence-electron chi connectivity index (χ2n) is 5.59. The molecule has 4 rings (SSSR count). The topological polar surface area (TPSA) is 110 Å². The maximum absolute atomic E-state index is 12.5. The quantitative estimate of drug-likeness (QED) is 0.525. The summed E-state index contributed by atoms with van der Waals surface area (Å²) >= 11 is 6.39. The van der Waals surface area contributed by atoms with Crippen molar-refractivity contribution in [2.75, 3.05) is 0 Å². The lowest BCUT2D eigenvalue weighted by Crippen LogP contribution is -2.14. The average Bonchev–Trinajstić information content (AvgIpc) is 3.09. The van der Waals surface area contributed by atoms with Crippen molar-refractivity contribution in [1.82, 2.24) is 19.7 Å². The molecular weight excluding hydrogens is 372 g/mol. The van der Waals surface area contributed by atoms with Gasteiger partial charge in [-0.3, -0.25) is 9.78 Å². The molecule has 0 fully saturated rings. The van der Waals surface area contributed by atoms with Crippen molar-refractivity contribution in [1.29, 1.82) is 0 Å². The minimum atomic E-state index is -1.46. The zero-order valence-electron chi connectivity index (χ0n) is 13.6. The smallest absolute Gasteiger partial charge is 0.449 e. The molecule has 0 radical (unpaired) electrons. The summed E-state index contributed by atoms with van der Waals surface area (Å²) in [6.07, 6.45) is 1.02. The number of hydrogen-bond acceptors (Lipinski definition) is 5. The number of fused-ring (bicyclic) bond motifs is 1. The monoisotopic (exact) mass is 382 g/mol. The van der Waals surface area contributed by atoms with Crippen LogP contribution in [-0.2, 0) is 0 Å². The number of nitrogens with zero attached hydrogens (tertiary/aromatic N) is 3. The first-order valence-electron chi connectivity index (χ1n) is 7.76. The van der Waals surface area contributed by atoms with E-state index in [1.54, 1.807) is 12.1 Å². The Balaban J connectivity index is 1.82. The lowest BCUT2D eigenvalue weighted by Gasteiger charge is -2.08. The van der Waals surface area contributed by atoms with Gasteiger partial charge in [0.1, 0.15) is 0 Å². The van der Waals surface area contributed by atoms with E-state index < -0.39 is 6.16 Å². The normalized spacial score (nSPS) is 10.9. The van der Waals surface area contributed by atoms with Gasteiger partial charge in [0.2, 0.25) is 5.95 Å². The predicted octanol–water partition coefficient (Wildman–Crippen LogP) is 3.49. The third-order valence-electron chi connectivity index (χ3n) is 3.85. The lowest BCUT2D eigenvalue weighted by atomic mass is 10.0. The Hall–Kier alpha value is -3.65. The first kappa shape index (κ1) is 16.8. The minimum absolute atomic E-state index is 0.00250. The Kier molecular flexibility index (Phi) is 4.09. The van der Waals surface area contributed by atoms with Gasteiger partial charge in [0, 0.05) is 5.56 Å². The van der Waals surface area contributed by atoms with Gasteiger partial charge >= 0.3 is 6.16 Å². The third kappa shape index (κ3) is 3.25. The summed E-state index contributed by atoms with van der Waals surface area (Å²) in [6.45, 7) is 0. The Morgan fingerprint density at radius 2 is 2.00 bits per heavy atom. The summed E-state index contributed by atoms with van der Waals surface area (Å²) in [4.78, 5) is 30.1. The molecule has 4 aromatic rings. The number of hydrogen-bond donors (Lipinski definition) is 2. The van der Waals surface area contributed by atoms with Crippen LogP contribution < -0.4 is 10.3 Å². The van der Waals surface area contributed by atoms with Gasteiger partial charge in [-0.05, 0) is 17.7 Å². The molecule has 0 unspecified atom stereocenters. The first-order valence-corrected chi connectivity index (χ1v) is 8.14. The molecule has 0 aliphatic carbocycles. The van der Waals surface area contributed by atoms with Crippen LogP contribution in [0.2, 0.25) is 5.02 Å². The maximum Gasteiger partial charge on any atom is 0.511 e. The number of nitrogens with one attached hydrogen (secondary N) is 1. The van der Waals surface area contributed by atoms with Gasteiger partial charge in [0.25, 0.3) is 5.56 Å². The molecule has 134 valence electrons. The highest BCUT2D eigenvalue weighted by molar-refractivity contribution is 6.34. The van der Waals surface area contributed by atoms with Gasteiger partial charge in [0.15, 0.2) is 5.75 Å². The molecule has 0 bridgehead atoms. The molecule has 0 aliphatic rings. The molecule has 0 amide bonds. The van der Waals surface area contributed by atoms with E-state index in [9.17, 15) is 9.59 Å². The van der Waals surface area contributed by atoms with Gasteiger partial charge in [0.05, 0.1) is 28.3 Å². The number of carbonyl (C=O) groups is 1. The molecule has 27 heavy (non-hydrogen) atoms. The van der Waals surface area contributed by atoms with Crippen molar-refractivity contribution in [3.8, 4) is 22.8 Å². The summed E-state index contributed by atoms with van der Waals surface area (Å²) in [7, 11) is 0. The van der Waals surface area contributed by atoms with Crippen LogP contribution in [0.15, 0.2) is 59.7 Å². The van der Waals surface area contributed by atoms with E-state index >= 15 is 0 Å². The molecule has 2 aromatic heterocycles. The highest BCUT2D eigenvalue weighted by Crippen LogP contribution is 2.30. The van der Waals surface area contributed by atoms with Crippen molar-refractivity contribution in [3.05, 3.63) is 70.2 Å². The molecule has 9 heteroatoms. The number of aromatic amines is 1. The van der Waals surface area contributed by atoms with E-state index in [1.165, 1.54) is 17.1 Å². The molecule has 2 aromatic carbocycles. The first-order chi connectivity index (χ1) is 13.0.